The SMILES string of the molecule is CCn1c(C(=O)O)ccc1-c1ccc(Br)c(OC)c1. The molecule has 0 unspecified atom stereocenters. The van der Waals surface area contributed by atoms with Crippen LogP contribution in [0.25, 0.3) is 11.3 Å². The fourth-order valence-corrected chi connectivity index (χ4v) is 2.47. The van der Waals surface area contributed by atoms with Crippen molar-refractivity contribution in [2.24, 2.45) is 0 Å². The highest BCUT2D eigenvalue weighted by Gasteiger charge is 2.14. The zero-order valence-corrected chi connectivity index (χ0v) is 12.3. The van der Waals surface area contributed by atoms with Gasteiger partial charge in [0.15, 0.2) is 0 Å². The fraction of sp³-hybridized carbons (Fsp3) is 0.214. The van der Waals surface area contributed by atoms with E-state index in [1.54, 1.807) is 17.7 Å². The molecule has 5 heteroatoms. The van der Waals surface area contributed by atoms with Gasteiger partial charge < -0.3 is 14.4 Å². The summed E-state index contributed by atoms with van der Waals surface area (Å²) in [6, 6.07) is 9.14. The maximum absolute atomic E-state index is 11.1. The third-order valence-electron chi connectivity index (χ3n) is 2.96. The van der Waals surface area contributed by atoms with Gasteiger partial charge in [0.05, 0.1) is 11.6 Å². The Kier molecular flexibility index (Phi) is 3.95. The molecule has 2 rings (SSSR count). The lowest BCUT2D eigenvalue weighted by molar-refractivity contribution is 0.0685. The third-order valence-corrected chi connectivity index (χ3v) is 3.62. The lowest BCUT2D eigenvalue weighted by atomic mass is 10.1. The summed E-state index contributed by atoms with van der Waals surface area (Å²) in [5.41, 5.74) is 2.08. The van der Waals surface area contributed by atoms with Gasteiger partial charge in [-0.05, 0) is 47.1 Å². The van der Waals surface area contributed by atoms with Crippen LogP contribution in [0.15, 0.2) is 34.8 Å². The molecular formula is C14H14BrNO3. The van der Waals surface area contributed by atoms with E-state index in [0.29, 0.717) is 12.2 Å². The van der Waals surface area contributed by atoms with Crippen LogP contribution in [-0.2, 0) is 6.54 Å². The molecule has 100 valence electrons. The molecule has 0 saturated heterocycles. The number of hydrogen-bond acceptors (Lipinski definition) is 2. The molecule has 1 N–H and O–H groups in total. The van der Waals surface area contributed by atoms with Gasteiger partial charge in [0.2, 0.25) is 0 Å². The number of carbonyl (C=O) groups is 1. The van der Waals surface area contributed by atoms with Gasteiger partial charge in [-0.2, -0.15) is 0 Å². The van der Waals surface area contributed by atoms with E-state index in [4.69, 9.17) is 9.84 Å². The molecule has 0 radical (unpaired) electrons. The van der Waals surface area contributed by atoms with Crippen molar-refractivity contribution in [3.8, 4) is 17.0 Å². The summed E-state index contributed by atoms with van der Waals surface area (Å²) < 4.78 is 7.90. The average molecular weight is 324 g/mol. The summed E-state index contributed by atoms with van der Waals surface area (Å²) in [6.07, 6.45) is 0. The van der Waals surface area contributed by atoms with Crippen LogP contribution in [0.4, 0.5) is 0 Å². The molecule has 0 aliphatic carbocycles. The summed E-state index contributed by atoms with van der Waals surface area (Å²) in [5.74, 6) is -0.199. The van der Waals surface area contributed by atoms with Crippen molar-refractivity contribution < 1.29 is 14.6 Å². The van der Waals surface area contributed by atoms with Crippen LogP contribution < -0.4 is 4.74 Å². The standard InChI is InChI=1S/C14H14BrNO3/c1-3-16-11(6-7-12(16)14(17)18)9-4-5-10(15)13(8-9)19-2/h4-8H,3H2,1-2H3,(H,17,18). The fourth-order valence-electron chi connectivity index (χ4n) is 2.07. The van der Waals surface area contributed by atoms with Crippen molar-refractivity contribution >= 4 is 21.9 Å². The number of nitrogens with zero attached hydrogens (tertiary/aromatic N) is 1. The van der Waals surface area contributed by atoms with Crippen molar-refractivity contribution in [2.45, 2.75) is 13.5 Å². The van der Waals surface area contributed by atoms with Gasteiger partial charge in [0, 0.05) is 17.8 Å². The molecule has 1 aromatic heterocycles. The number of ether oxygens (including phenoxy) is 1. The number of rotatable bonds is 4. The Morgan fingerprint density at radius 3 is 2.68 bits per heavy atom. The van der Waals surface area contributed by atoms with E-state index >= 15 is 0 Å². The summed E-state index contributed by atoms with van der Waals surface area (Å²) in [5, 5.41) is 9.15. The molecule has 0 aliphatic heterocycles. The molecule has 4 nitrogen and oxygen atoms in total. The Hall–Kier alpha value is -1.75. The number of hydrogen-bond donors (Lipinski definition) is 1. The number of carboxylic acid groups (broad SMARTS) is 1. The normalized spacial score (nSPS) is 10.5. The molecule has 0 bridgehead atoms. The van der Waals surface area contributed by atoms with Crippen LogP contribution in [0.5, 0.6) is 5.75 Å². The zero-order valence-electron chi connectivity index (χ0n) is 10.7. The number of carboxylic acids is 1. The van der Waals surface area contributed by atoms with Gasteiger partial charge in [-0.25, -0.2) is 4.79 Å². The van der Waals surface area contributed by atoms with Gasteiger partial charge in [-0.1, -0.05) is 6.07 Å². The van der Waals surface area contributed by atoms with Crippen molar-refractivity contribution in [1.29, 1.82) is 0 Å². The van der Waals surface area contributed by atoms with Crippen molar-refractivity contribution in [1.82, 2.24) is 4.57 Å². The Morgan fingerprint density at radius 2 is 2.11 bits per heavy atom. The summed E-state index contributed by atoms with van der Waals surface area (Å²) >= 11 is 3.40. The third kappa shape index (κ3) is 2.51. The van der Waals surface area contributed by atoms with Gasteiger partial charge in [0.1, 0.15) is 11.4 Å². The minimum atomic E-state index is -0.919. The second-order valence-corrected chi connectivity index (χ2v) is 4.86. The average Bonchev–Trinajstić information content (AvgIpc) is 2.83. The number of methoxy groups -OCH3 is 1. The number of halogens is 1. The van der Waals surface area contributed by atoms with E-state index in [-0.39, 0.29) is 0 Å². The molecule has 1 heterocycles. The first kappa shape index (κ1) is 13.7. The van der Waals surface area contributed by atoms with Gasteiger partial charge in [0.25, 0.3) is 0 Å². The van der Waals surface area contributed by atoms with Crippen LogP contribution in [0, 0.1) is 0 Å². The molecule has 19 heavy (non-hydrogen) atoms. The van der Waals surface area contributed by atoms with Crippen molar-refractivity contribution in [3.05, 3.63) is 40.5 Å². The lowest BCUT2D eigenvalue weighted by Gasteiger charge is -2.11. The Morgan fingerprint density at radius 1 is 1.37 bits per heavy atom. The molecule has 0 spiro atoms. The van der Waals surface area contributed by atoms with Crippen molar-refractivity contribution in [2.75, 3.05) is 7.11 Å². The van der Waals surface area contributed by atoms with E-state index < -0.39 is 5.97 Å². The Balaban J connectivity index is 2.56. The zero-order chi connectivity index (χ0) is 14.0. The summed E-state index contributed by atoms with van der Waals surface area (Å²) in [7, 11) is 1.60. The van der Waals surface area contributed by atoms with E-state index in [9.17, 15) is 4.79 Å². The Bertz CT molecular complexity index is 619. The van der Waals surface area contributed by atoms with Gasteiger partial charge >= 0.3 is 5.97 Å². The van der Waals surface area contributed by atoms with Crippen LogP contribution >= 0.6 is 15.9 Å². The number of aromatic nitrogens is 1. The van der Waals surface area contributed by atoms with E-state index in [1.807, 2.05) is 31.2 Å². The molecule has 1 aromatic carbocycles. The van der Waals surface area contributed by atoms with E-state index in [0.717, 1.165) is 21.5 Å². The molecular weight excluding hydrogens is 310 g/mol. The quantitative estimate of drug-likeness (QED) is 0.934. The number of aromatic carboxylic acids is 1. The highest BCUT2D eigenvalue weighted by Crippen LogP contribution is 2.31. The summed E-state index contributed by atoms with van der Waals surface area (Å²) in [4.78, 5) is 11.1. The highest BCUT2D eigenvalue weighted by atomic mass is 79.9. The number of benzene rings is 1. The highest BCUT2D eigenvalue weighted by molar-refractivity contribution is 9.10. The molecule has 0 saturated carbocycles. The maximum Gasteiger partial charge on any atom is 0.352 e. The van der Waals surface area contributed by atoms with Gasteiger partial charge in [-0.15, -0.1) is 0 Å². The topological polar surface area (TPSA) is 51.5 Å². The maximum atomic E-state index is 11.1. The molecule has 0 atom stereocenters. The molecule has 0 aliphatic rings. The van der Waals surface area contributed by atoms with Crippen LogP contribution in [-0.4, -0.2) is 22.8 Å². The van der Waals surface area contributed by atoms with Crippen molar-refractivity contribution in [3.63, 3.8) is 0 Å². The Labute approximate surface area is 119 Å². The predicted octanol–water partition coefficient (Wildman–Crippen LogP) is 3.64. The van der Waals surface area contributed by atoms with Crippen LogP contribution in [0.1, 0.15) is 17.4 Å². The lowest BCUT2D eigenvalue weighted by Crippen LogP contribution is -2.08. The molecule has 0 fully saturated rings. The second-order valence-electron chi connectivity index (χ2n) is 4.00. The first-order chi connectivity index (χ1) is 9.08. The minimum Gasteiger partial charge on any atom is -0.496 e. The monoisotopic (exact) mass is 323 g/mol. The van der Waals surface area contributed by atoms with Crippen LogP contribution in [0.3, 0.4) is 0 Å². The largest absolute Gasteiger partial charge is 0.496 e. The summed E-state index contributed by atoms with van der Waals surface area (Å²) in [6.45, 7) is 2.52. The van der Waals surface area contributed by atoms with E-state index in [1.165, 1.54) is 0 Å². The molecule has 0 amide bonds. The van der Waals surface area contributed by atoms with Gasteiger partial charge in [-0.3, -0.25) is 0 Å². The smallest absolute Gasteiger partial charge is 0.352 e. The first-order valence-electron chi connectivity index (χ1n) is 5.85. The first-order valence-corrected chi connectivity index (χ1v) is 6.64. The predicted molar refractivity (Wildman–Crippen MR) is 76.8 cm³/mol. The molecule has 2 aromatic rings. The minimum absolute atomic E-state index is 0.291. The second kappa shape index (κ2) is 5.48. The van der Waals surface area contributed by atoms with Crippen LogP contribution in [0.2, 0.25) is 0 Å². The van der Waals surface area contributed by atoms with E-state index in [2.05, 4.69) is 15.9 Å².